The van der Waals surface area contributed by atoms with Crippen LogP contribution in [0.2, 0.25) is 0 Å². The SMILES string of the molecule is C=C(/C=C\C=C/C)N1CCN(c2ncnn3cc(-c4cc(OC)cc(OC)c4)cc23)CC1. The topological polar surface area (TPSA) is 55.1 Å². The first kappa shape index (κ1) is 21.5. The van der Waals surface area contributed by atoms with Gasteiger partial charge in [0.1, 0.15) is 23.3 Å². The summed E-state index contributed by atoms with van der Waals surface area (Å²) >= 11 is 0. The number of rotatable bonds is 7. The zero-order chi connectivity index (χ0) is 22.5. The quantitative estimate of drug-likeness (QED) is 0.523. The maximum absolute atomic E-state index is 5.43. The Bertz CT molecular complexity index is 1130. The van der Waals surface area contributed by atoms with Crippen molar-refractivity contribution in [1.82, 2.24) is 19.5 Å². The van der Waals surface area contributed by atoms with Gasteiger partial charge in [-0.05, 0) is 36.8 Å². The van der Waals surface area contributed by atoms with Crippen molar-refractivity contribution in [3.8, 4) is 22.6 Å². The Hall–Kier alpha value is -3.74. The number of fused-ring (bicyclic) bond motifs is 1. The zero-order valence-corrected chi connectivity index (χ0v) is 18.9. The third kappa shape index (κ3) is 4.46. The van der Waals surface area contributed by atoms with E-state index in [-0.39, 0.29) is 0 Å². The standard InChI is InChI=1S/C25H29N5O2/c1-5-6-7-8-19(2)28-9-11-29(12-10-28)25-24-15-21(17-30(24)27-18-26-25)20-13-22(31-3)16-23(14-20)32-4/h5-8,13-18H,2,9-12H2,1,3-4H3/b6-5-,8-7-. The second-order valence-electron chi connectivity index (χ2n) is 7.59. The van der Waals surface area contributed by atoms with Crippen LogP contribution < -0.4 is 14.4 Å². The largest absolute Gasteiger partial charge is 0.497 e. The summed E-state index contributed by atoms with van der Waals surface area (Å²) in [6.07, 6.45) is 11.7. The van der Waals surface area contributed by atoms with Crippen molar-refractivity contribution in [2.45, 2.75) is 6.92 Å². The molecular formula is C25H29N5O2. The van der Waals surface area contributed by atoms with E-state index >= 15 is 0 Å². The van der Waals surface area contributed by atoms with Crippen molar-refractivity contribution in [1.29, 1.82) is 0 Å². The molecule has 3 heterocycles. The number of aromatic nitrogens is 3. The Labute approximate surface area is 188 Å². The van der Waals surface area contributed by atoms with Crippen LogP contribution in [0.5, 0.6) is 11.5 Å². The van der Waals surface area contributed by atoms with Crippen molar-refractivity contribution in [3.63, 3.8) is 0 Å². The number of allylic oxidation sites excluding steroid dienone is 4. The van der Waals surface area contributed by atoms with Crippen LogP contribution in [0.25, 0.3) is 16.6 Å². The van der Waals surface area contributed by atoms with Crippen LogP contribution in [-0.2, 0) is 0 Å². The van der Waals surface area contributed by atoms with Crippen LogP contribution in [0.3, 0.4) is 0 Å². The molecule has 1 aromatic carbocycles. The van der Waals surface area contributed by atoms with Crippen LogP contribution in [0.1, 0.15) is 6.92 Å². The highest BCUT2D eigenvalue weighted by molar-refractivity contribution is 5.78. The van der Waals surface area contributed by atoms with E-state index in [0.717, 1.165) is 65.8 Å². The Morgan fingerprint density at radius 1 is 0.969 bits per heavy atom. The molecule has 1 fully saturated rings. The summed E-state index contributed by atoms with van der Waals surface area (Å²) in [6.45, 7) is 9.75. The van der Waals surface area contributed by atoms with Crippen molar-refractivity contribution in [3.05, 3.63) is 73.4 Å². The van der Waals surface area contributed by atoms with Gasteiger partial charge in [-0.25, -0.2) is 9.50 Å². The molecule has 4 rings (SSSR count). The van der Waals surface area contributed by atoms with Crippen LogP contribution in [0.15, 0.2) is 73.4 Å². The van der Waals surface area contributed by atoms with E-state index in [1.54, 1.807) is 20.5 Å². The minimum Gasteiger partial charge on any atom is -0.497 e. The van der Waals surface area contributed by atoms with E-state index in [4.69, 9.17) is 9.47 Å². The number of benzene rings is 1. The molecule has 0 spiro atoms. The highest BCUT2D eigenvalue weighted by atomic mass is 16.5. The molecule has 7 heteroatoms. The summed E-state index contributed by atoms with van der Waals surface area (Å²) in [5.41, 5.74) is 4.05. The highest BCUT2D eigenvalue weighted by Crippen LogP contribution is 2.32. The Balaban J connectivity index is 1.57. The monoisotopic (exact) mass is 431 g/mol. The fraction of sp³-hybridized carbons (Fsp3) is 0.280. The third-order valence-corrected chi connectivity index (χ3v) is 5.65. The third-order valence-electron chi connectivity index (χ3n) is 5.65. The summed E-state index contributed by atoms with van der Waals surface area (Å²) in [6, 6.07) is 7.98. The van der Waals surface area contributed by atoms with Gasteiger partial charge in [0.2, 0.25) is 0 Å². The number of nitrogens with zero attached hydrogens (tertiary/aromatic N) is 5. The lowest BCUT2D eigenvalue weighted by molar-refractivity contribution is 0.331. The van der Waals surface area contributed by atoms with Gasteiger partial charge in [-0.15, -0.1) is 0 Å². The molecule has 0 saturated carbocycles. The van der Waals surface area contributed by atoms with E-state index in [9.17, 15) is 0 Å². The van der Waals surface area contributed by atoms with Crippen LogP contribution >= 0.6 is 0 Å². The summed E-state index contributed by atoms with van der Waals surface area (Å²) in [7, 11) is 3.31. The predicted octanol–water partition coefficient (Wildman–Crippen LogP) is 4.18. The summed E-state index contributed by atoms with van der Waals surface area (Å²) < 4.78 is 12.7. The number of ether oxygens (including phenoxy) is 2. The Kier molecular flexibility index (Phi) is 6.44. The molecular weight excluding hydrogens is 402 g/mol. The van der Waals surface area contributed by atoms with Crippen molar-refractivity contribution >= 4 is 11.3 Å². The molecule has 0 bridgehead atoms. The molecule has 1 aliphatic heterocycles. The van der Waals surface area contributed by atoms with E-state index < -0.39 is 0 Å². The Morgan fingerprint density at radius 3 is 2.34 bits per heavy atom. The predicted molar refractivity (Wildman–Crippen MR) is 128 cm³/mol. The number of piperazine rings is 1. The van der Waals surface area contributed by atoms with Gasteiger partial charge in [-0.1, -0.05) is 24.8 Å². The van der Waals surface area contributed by atoms with E-state index in [0.29, 0.717) is 0 Å². The molecule has 2 aromatic heterocycles. The number of hydrogen-bond donors (Lipinski definition) is 0. The lowest BCUT2D eigenvalue weighted by atomic mass is 10.1. The van der Waals surface area contributed by atoms with E-state index in [1.165, 1.54) is 0 Å². The van der Waals surface area contributed by atoms with Gasteiger partial charge < -0.3 is 19.3 Å². The molecule has 1 saturated heterocycles. The summed E-state index contributed by atoms with van der Waals surface area (Å²) in [5.74, 6) is 2.44. The smallest absolute Gasteiger partial charge is 0.156 e. The average molecular weight is 432 g/mol. The first-order chi connectivity index (χ1) is 15.6. The normalized spacial score (nSPS) is 14.6. The molecule has 166 valence electrons. The van der Waals surface area contributed by atoms with Gasteiger partial charge >= 0.3 is 0 Å². The molecule has 0 atom stereocenters. The van der Waals surface area contributed by atoms with Crippen molar-refractivity contribution < 1.29 is 9.47 Å². The maximum Gasteiger partial charge on any atom is 0.156 e. The van der Waals surface area contributed by atoms with Crippen molar-refractivity contribution in [2.75, 3.05) is 45.3 Å². The van der Waals surface area contributed by atoms with Crippen molar-refractivity contribution in [2.24, 2.45) is 0 Å². The first-order valence-electron chi connectivity index (χ1n) is 10.7. The first-order valence-corrected chi connectivity index (χ1v) is 10.7. The second kappa shape index (κ2) is 9.60. The molecule has 0 aliphatic carbocycles. The lowest BCUT2D eigenvalue weighted by Gasteiger charge is -2.37. The lowest BCUT2D eigenvalue weighted by Crippen LogP contribution is -2.46. The minimum absolute atomic E-state index is 0.751. The molecule has 1 aliphatic rings. The molecule has 0 unspecified atom stereocenters. The van der Waals surface area contributed by atoms with Gasteiger partial charge in [-0.2, -0.15) is 5.10 Å². The van der Waals surface area contributed by atoms with Gasteiger partial charge in [-0.3, -0.25) is 0 Å². The second-order valence-corrected chi connectivity index (χ2v) is 7.59. The van der Waals surface area contributed by atoms with Gasteiger partial charge in [0, 0.05) is 49.7 Å². The molecule has 32 heavy (non-hydrogen) atoms. The molecule has 7 nitrogen and oxygen atoms in total. The fourth-order valence-electron chi connectivity index (χ4n) is 3.88. The molecule has 0 amide bonds. The van der Waals surface area contributed by atoms with Gasteiger partial charge in [0.05, 0.1) is 14.2 Å². The highest BCUT2D eigenvalue weighted by Gasteiger charge is 2.21. The van der Waals surface area contributed by atoms with Gasteiger partial charge in [0.25, 0.3) is 0 Å². The van der Waals surface area contributed by atoms with Gasteiger partial charge in [0.15, 0.2) is 5.82 Å². The minimum atomic E-state index is 0.751. The van der Waals surface area contributed by atoms with Crippen LogP contribution in [0.4, 0.5) is 5.82 Å². The number of anilines is 1. The molecule has 0 N–H and O–H groups in total. The fourth-order valence-corrected chi connectivity index (χ4v) is 3.88. The summed E-state index contributed by atoms with van der Waals surface area (Å²) in [5, 5.41) is 4.43. The summed E-state index contributed by atoms with van der Waals surface area (Å²) in [4.78, 5) is 9.23. The van der Waals surface area contributed by atoms with Crippen LogP contribution in [0, 0.1) is 0 Å². The zero-order valence-electron chi connectivity index (χ0n) is 18.9. The maximum atomic E-state index is 5.43. The number of methoxy groups -OCH3 is 2. The van der Waals surface area contributed by atoms with E-state index in [2.05, 4.69) is 38.6 Å². The Morgan fingerprint density at radius 2 is 1.69 bits per heavy atom. The average Bonchev–Trinajstić information content (AvgIpc) is 3.28. The van der Waals surface area contributed by atoms with E-state index in [1.807, 2.05) is 54.1 Å². The number of hydrogen-bond acceptors (Lipinski definition) is 6. The molecule has 3 aromatic rings. The molecule has 0 radical (unpaired) electrons. The van der Waals surface area contributed by atoms with Crippen LogP contribution in [-0.4, -0.2) is 59.9 Å².